The van der Waals surface area contributed by atoms with Crippen LogP contribution in [0.5, 0.6) is 0 Å². The van der Waals surface area contributed by atoms with Gasteiger partial charge >= 0.3 is 0 Å². The lowest BCUT2D eigenvalue weighted by atomic mass is 10.2. The molecule has 2 rings (SSSR count). The topological polar surface area (TPSA) is 20.3 Å². The Balaban J connectivity index is 2.34. The van der Waals surface area contributed by atoms with Crippen LogP contribution >= 0.6 is 0 Å². The number of carbonyl (C=O) groups is 1. The van der Waals surface area contributed by atoms with Crippen molar-refractivity contribution >= 4 is 22.1 Å². The van der Waals surface area contributed by atoms with Crippen LogP contribution in [-0.2, 0) is 11.3 Å². The maximum Gasteiger partial charge on any atom is 0.254 e. The van der Waals surface area contributed by atoms with Crippen molar-refractivity contribution in [3.05, 3.63) is 58.4 Å². The Bertz CT molecular complexity index is 634. The van der Waals surface area contributed by atoms with Gasteiger partial charge in [0.15, 0.2) is 0 Å². The van der Waals surface area contributed by atoms with Gasteiger partial charge in [0, 0.05) is 18.7 Å². The molecule has 23 heavy (non-hydrogen) atoms. The maximum absolute atomic E-state index is 12.9. The molecule has 1 aliphatic rings. The van der Waals surface area contributed by atoms with E-state index < -0.39 is 16.1 Å². The molecule has 1 aliphatic heterocycles. The second-order valence-electron chi connectivity index (χ2n) is 8.61. The number of amides is 1. The van der Waals surface area contributed by atoms with Crippen LogP contribution in [0.1, 0.15) is 5.56 Å². The fourth-order valence-electron chi connectivity index (χ4n) is 2.84. The second kappa shape index (κ2) is 6.61. The van der Waals surface area contributed by atoms with E-state index >= 15 is 0 Å². The molecule has 1 fully saturated rings. The third kappa shape index (κ3) is 5.32. The number of likely N-dealkylation sites (tertiary alicyclic amines) is 1. The molecule has 0 unspecified atom stereocenters. The van der Waals surface area contributed by atoms with Crippen molar-refractivity contribution in [2.45, 2.75) is 45.8 Å². The molecule has 1 aromatic carbocycles. The highest BCUT2D eigenvalue weighted by Crippen LogP contribution is 2.28. The quantitative estimate of drug-likeness (QED) is 0.576. The molecule has 4 heteroatoms. The summed E-state index contributed by atoms with van der Waals surface area (Å²) in [7, 11) is -2.79. The van der Waals surface area contributed by atoms with Gasteiger partial charge in [-0.2, -0.15) is 0 Å². The normalized spacial score (nSPS) is 19.9. The van der Waals surface area contributed by atoms with Crippen molar-refractivity contribution in [1.82, 2.24) is 4.90 Å². The maximum atomic E-state index is 12.9. The van der Waals surface area contributed by atoms with E-state index in [4.69, 9.17) is 0 Å². The first-order chi connectivity index (χ1) is 10.6. The van der Waals surface area contributed by atoms with E-state index in [0.29, 0.717) is 6.54 Å². The molecule has 0 radical (unpaired) electrons. The van der Waals surface area contributed by atoms with E-state index in [-0.39, 0.29) is 5.91 Å². The standard InChI is InChI=1S/C19H29NOSi2/c1-22(2,3)14-17-13-20(12-16-10-8-7-9-11-16)19(21)18(17)15-23(4,5)6/h7-11,14-15H,12-13H2,1-6H3/b17-14+,18-15-. The molecule has 0 spiro atoms. The van der Waals surface area contributed by atoms with Gasteiger partial charge < -0.3 is 4.90 Å². The molecule has 1 saturated heterocycles. The largest absolute Gasteiger partial charge is 0.330 e. The fourth-order valence-corrected chi connectivity index (χ4v) is 5.30. The number of rotatable bonds is 4. The molecule has 124 valence electrons. The van der Waals surface area contributed by atoms with E-state index in [1.807, 2.05) is 23.1 Å². The van der Waals surface area contributed by atoms with Gasteiger partial charge in [-0.3, -0.25) is 4.79 Å². The van der Waals surface area contributed by atoms with E-state index in [2.05, 4.69) is 62.8 Å². The Morgan fingerprint density at radius 1 is 0.957 bits per heavy atom. The Morgan fingerprint density at radius 2 is 1.52 bits per heavy atom. The highest BCUT2D eigenvalue weighted by molar-refractivity contribution is 6.82. The lowest BCUT2D eigenvalue weighted by Crippen LogP contribution is -2.25. The van der Waals surface area contributed by atoms with E-state index in [1.54, 1.807) is 0 Å². The molecule has 0 aliphatic carbocycles. The summed E-state index contributed by atoms with van der Waals surface area (Å²) in [6.45, 7) is 15.3. The van der Waals surface area contributed by atoms with Crippen LogP contribution in [0, 0.1) is 0 Å². The summed E-state index contributed by atoms with van der Waals surface area (Å²) in [5, 5.41) is 0. The van der Waals surface area contributed by atoms with Crippen LogP contribution < -0.4 is 0 Å². The summed E-state index contributed by atoms with van der Waals surface area (Å²) < 4.78 is 0. The summed E-state index contributed by atoms with van der Waals surface area (Å²) in [4.78, 5) is 14.9. The minimum atomic E-state index is -1.44. The van der Waals surface area contributed by atoms with Gasteiger partial charge in [0.2, 0.25) is 0 Å². The summed E-state index contributed by atoms with van der Waals surface area (Å²) in [6, 6.07) is 10.3. The first-order valence-corrected chi connectivity index (χ1v) is 15.5. The SMILES string of the molecule is C[Si](C)(C)/C=C1\CN(Cc2ccccc2)C(=O)\C1=C/[Si](C)(C)C. The van der Waals surface area contributed by atoms with Crippen molar-refractivity contribution < 1.29 is 4.79 Å². The molecule has 2 nitrogen and oxygen atoms in total. The van der Waals surface area contributed by atoms with Gasteiger partial charge in [0.1, 0.15) is 0 Å². The minimum Gasteiger partial charge on any atom is -0.330 e. The van der Waals surface area contributed by atoms with Crippen molar-refractivity contribution in [3.63, 3.8) is 0 Å². The Morgan fingerprint density at radius 3 is 2.04 bits per heavy atom. The number of nitrogens with zero attached hydrogens (tertiary/aromatic N) is 1. The summed E-state index contributed by atoms with van der Waals surface area (Å²) in [6.07, 6.45) is 0. The van der Waals surface area contributed by atoms with Crippen LogP contribution in [0.25, 0.3) is 0 Å². The summed E-state index contributed by atoms with van der Waals surface area (Å²) in [5.41, 5.74) is 8.12. The third-order valence-corrected chi connectivity index (χ3v) is 5.99. The van der Waals surface area contributed by atoms with E-state index in [0.717, 1.165) is 12.1 Å². The van der Waals surface area contributed by atoms with E-state index in [9.17, 15) is 4.79 Å². The predicted molar refractivity (Wildman–Crippen MR) is 105 cm³/mol. The minimum absolute atomic E-state index is 0.209. The van der Waals surface area contributed by atoms with Crippen LogP contribution in [0.4, 0.5) is 0 Å². The van der Waals surface area contributed by atoms with Gasteiger partial charge in [-0.05, 0) is 11.1 Å². The van der Waals surface area contributed by atoms with Crippen LogP contribution in [0.15, 0.2) is 52.9 Å². The van der Waals surface area contributed by atoms with Crippen molar-refractivity contribution in [2.24, 2.45) is 0 Å². The van der Waals surface area contributed by atoms with Gasteiger partial charge in [-0.25, -0.2) is 0 Å². The molecule has 1 amide bonds. The van der Waals surface area contributed by atoms with Gasteiger partial charge in [0.25, 0.3) is 5.91 Å². The number of hydrogen-bond donors (Lipinski definition) is 0. The third-order valence-electron chi connectivity index (χ3n) is 3.63. The molecule has 0 saturated carbocycles. The number of carbonyl (C=O) groups excluding carboxylic acids is 1. The average molecular weight is 344 g/mol. The zero-order valence-electron chi connectivity index (χ0n) is 15.3. The zero-order valence-corrected chi connectivity index (χ0v) is 17.3. The molecular weight excluding hydrogens is 314 g/mol. The average Bonchev–Trinajstić information content (AvgIpc) is 2.65. The van der Waals surface area contributed by atoms with Crippen molar-refractivity contribution in [1.29, 1.82) is 0 Å². The Hall–Kier alpha value is -1.40. The fraction of sp³-hybridized carbons (Fsp3) is 0.421. The van der Waals surface area contributed by atoms with Crippen LogP contribution in [-0.4, -0.2) is 33.5 Å². The Labute approximate surface area is 142 Å². The van der Waals surface area contributed by atoms with Gasteiger partial charge in [-0.1, -0.05) is 81.0 Å². The second-order valence-corrected chi connectivity index (χ2v) is 18.6. The molecule has 0 bridgehead atoms. The number of hydrogen-bond acceptors (Lipinski definition) is 1. The summed E-state index contributed by atoms with van der Waals surface area (Å²) >= 11 is 0. The van der Waals surface area contributed by atoms with Gasteiger partial charge in [-0.15, -0.1) is 0 Å². The number of benzene rings is 1. The molecule has 0 atom stereocenters. The van der Waals surface area contributed by atoms with Crippen LogP contribution in [0.2, 0.25) is 39.3 Å². The molecule has 0 aromatic heterocycles. The lowest BCUT2D eigenvalue weighted by molar-refractivity contribution is -0.125. The first kappa shape index (κ1) is 17.9. The molecular formula is C19H29NOSi2. The van der Waals surface area contributed by atoms with Crippen molar-refractivity contribution in [3.8, 4) is 0 Å². The lowest BCUT2D eigenvalue weighted by Gasteiger charge is -2.15. The van der Waals surface area contributed by atoms with E-state index in [1.165, 1.54) is 11.1 Å². The van der Waals surface area contributed by atoms with Gasteiger partial charge in [0.05, 0.1) is 16.1 Å². The molecule has 1 aromatic rings. The monoisotopic (exact) mass is 343 g/mol. The predicted octanol–water partition coefficient (Wildman–Crippen LogP) is 4.64. The summed E-state index contributed by atoms with van der Waals surface area (Å²) in [5.74, 6) is 0.209. The smallest absolute Gasteiger partial charge is 0.254 e. The Kier molecular flexibility index (Phi) is 5.16. The van der Waals surface area contributed by atoms with Crippen LogP contribution in [0.3, 0.4) is 0 Å². The van der Waals surface area contributed by atoms with Crippen molar-refractivity contribution in [2.75, 3.05) is 6.54 Å². The molecule has 1 heterocycles. The highest BCUT2D eigenvalue weighted by Gasteiger charge is 2.32. The zero-order chi connectivity index (χ0) is 17.3. The molecule has 0 N–H and O–H groups in total. The first-order valence-electron chi connectivity index (χ1n) is 8.33. The highest BCUT2D eigenvalue weighted by atomic mass is 28.3.